The zero-order valence-electron chi connectivity index (χ0n) is 25.3. The Morgan fingerprint density at radius 1 is 0.978 bits per heavy atom. The van der Waals surface area contributed by atoms with Gasteiger partial charge in [-0.05, 0) is 48.9 Å². The van der Waals surface area contributed by atoms with Crippen molar-refractivity contribution < 1.29 is 19.1 Å². The van der Waals surface area contributed by atoms with Crippen LogP contribution in [0.2, 0.25) is 0 Å². The van der Waals surface area contributed by atoms with Crippen LogP contribution in [0.5, 0.6) is 11.5 Å². The van der Waals surface area contributed by atoms with Gasteiger partial charge in [0.05, 0.1) is 48.8 Å². The first-order valence-corrected chi connectivity index (χ1v) is 15.6. The summed E-state index contributed by atoms with van der Waals surface area (Å²) in [6.45, 7) is 2.07. The van der Waals surface area contributed by atoms with E-state index in [9.17, 15) is 9.59 Å². The fourth-order valence-corrected chi connectivity index (χ4v) is 6.69. The summed E-state index contributed by atoms with van der Waals surface area (Å²) < 4.78 is 13.3. The highest BCUT2D eigenvalue weighted by Crippen LogP contribution is 2.51. The largest absolute Gasteiger partial charge is 0.497 e. The van der Waals surface area contributed by atoms with E-state index in [1.54, 1.807) is 25.3 Å². The molecule has 0 aliphatic carbocycles. The third kappa shape index (κ3) is 6.14. The van der Waals surface area contributed by atoms with Crippen LogP contribution in [-0.4, -0.2) is 53.1 Å². The van der Waals surface area contributed by atoms with Crippen molar-refractivity contribution in [2.45, 2.75) is 18.7 Å². The van der Waals surface area contributed by atoms with Crippen molar-refractivity contribution >= 4 is 29.4 Å². The smallest absolute Gasteiger partial charge is 0.240 e. The van der Waals surface area contributed by atoms with Gasteiger partial charge in [-0.1, -0.05) is 54.6 Å². The predicted octanol–water partition coefficient (Wildman–Crippen LogP) is 5.75. The second kappa shape index (κ2) is 13.3. The number of anilines is 1. The number of para-hydroxylation sites is 1. The molecular formula is C35H33N5O4S. The molecule has 1 unspecified atom stereocenters. The van der Waals surface area contributed by atoms with Crippen LogP contribution in [0.15, 0.2) is 97.2 Å². The monoisotopic (exact) mass is 619 g/mol. The number of hydrogen-bond donors (Lipinski definition) is 1. The summed E-state index contributed by atoms with van der Waals surface area (Å²) in [5.74, 6) is 1.50. The summed E-state index contributed by atoms with van der Waals surface area (Å²) in [4.78, 5) is 33.4. The van der Waals surface area contributed by atoms with Gasteiger partial charge in [0.2, 0.25) is 11.8 Å². The standard InChI is InChI=1S/C35H33N5O4S/c1-23-11-7-8-15-28(23)40-35-32(33(38-40)24-12-5-4-6-13-24)34(27-19-26(43-2)16-17-29(27)44-3)45-22-31(42)39(35)21-30(41)37-20-25-14-9-10-18-36-25/h4-19,34H,20-22H2,1-3H3,(H,37,41). The molecule has 0 spiro atoms. The normalized spacial score (nSPS) is 14.4. The summed E-state index contributed by atoms with van der Waals surface area (Å²) in [5, 5.41) is 7.75. The fourth-order valence-electron chi connectivity index (χ4n) is 5.48. The van der Waals surface area contributed by atoms with Crippen molar-refractivity contribution in [2.24, 2.45) is 0 Å². The SMILES string of the molecule is COc1ccc(OC)c(C2SCC(=O)N(CC(=O)NCc3ccccn3)c3c2c(-c2ccccc2)nn3-c2ccccc2C)c1. The lowest BCUT2D eigenvalue weighted by molar-refractivity contribution is -0.123. The van der Waals surface area contributed by atoms with E-state index < -0.39 is 0 Å². The first-order valence-electron chi connectivity index (χ1n) is 14.5. The minimum atomic E-state index is -0.372. The molecule has 9 nitrogen and oxygen atoms in total. The van der Waals surface area contributed by atoms with E-state index in [0.29, 0.717) is 23.0 Å². The highest BCUT2D eigenvalue weighted by atomic mass is 32.2. The van der Waals surface area contributed by atoms with Gasteiger partial charge in [0, 0.05) is 22.9 Å². The van der Waals surface area contributed by atoms with Crippen molar-refractivity contribution in [2.75, 3.05) is 31.4 Å². The van der Waals surface area contributed by atoms with Gasteiger partial charge in [-0.2, -0.15) is 5.10 Å². The molecule has 228 valence electrons. The quantitative estimate of drug-likeness (QED) is 0.225. The molecule has 1 N–H and O–H groups in total. The Labute approximate surface area is 266 Å². The molecule has 0 radical (unpaired) electrons. The number of fused-ring (bicyclic) bond motifs is 1. The van der Waals surface area contributed by atoms with E-state index in [4.69, 9.17) is 14.6 Å². The minimum Gasteiger partial charge on any atom is -0.497 e. The van der Waals surface area contributed by atoms with Crippen LogP contribution in [0, 0.1) is 6.92 Å². The molecule has 1 atom stereocenters. The Morgan fingerprint density at radius 2 is 1.76 bits per heavy atom. The zero-order valence-corrected chi connectivity index (χ0v) is 26.1. The van der Waals surface area contributed by atoms with E-state index >= 15 is 0 Å². The Hall–Kier alpha value is -5.09. The van der Waals surface area contributed by atoms with Crippen LogP contribution in [-0.2, 0) is 16.1 Å². The third-order valence-electron chi connectivity index (χ3n) is 7.69. The molecular weight excluding hydrogens is 586 g/mol. The van der Waals surface area contributed by atoms with Crippen molar-refractivity contribution in [3.8, 4) is 28.4 Å². The number of aromatic nitrogens is 3. The number of nitrogens with zero attached hydrogens (tertiary/aromatic N) is 4. The van der Waals surface area contributed by atoms with Crippen molar-refractivity contribution in [3.05, 3.63) is 120 Å². The number of thioether (sulfide) groups is 1. The van der Waals surface area contributed by atoms with Crippen LogP contribution in [0.4, 0.5) is 5.82 Å². The lowest BCUT2D eigenvalue weighted by atomic mass is 9.98. The number of nitrogens with one attached hydrogen (secondary N) is 1. The van der Waals surface area contributed by atoms with E-state index in [1.807, 2.05) is 103 Å². The van der Waals surface area contributed by atoms with Gasteiger partial charge in [0.1, 0.15) is 23.9 Å². The lowest BCUT2D eigenvalue weighted by Gasteiger charge is -2.24. The number of rotatable bonds is 9. The van der Waals surface area contributed by atoms with Crippen molar-refractivity contribution in [3.63, 3.8) is 0 Å². The molecule has 1 aliphatic rings. The average Bonchev–Trinajstić information content (AvgIpc) is 3.40. The van der Waals surface area contributed by atoms with Gasteiger partial charge in [-0.3, -0.25) is 19.5 Å². The molecule has 2 amide bonds. The van der Waals surface area contributed by atoms with Crippen LogP contribution in [0.25, 0.3) is 16.9 Å². The van der Waals surface area contributed by atoms with Crippen LogP contribution < -0.4 is 19.7 Å². The maximum Gasteiger partial charge on any atom is 0.240 e. The van der Waals surface area contributed by atoms with Crippen LogP contribution >= 0.6 is 11.8 Å². The fraction of sp³-hybridized carbons (Fsp3) is 0.200. The van der Waals surface area contributed by atoms with Gasteiger partial charge in [0.25, 0.3) is 0 Å². The summed E-state index contributed by atoms with van der Waals surface area (Å²) in [7, 11) is 3.25. The van der Waals surface area contributed by atoms with Gasteiger partial charge in [-0.25, -0.2) is 4.68 Å². The molecule has 6 rings (SSSR count). The van der Waals surface area contributed by atoms with Gasteiger partial charge in [-0.15, -0.1) is 11.8 Å². The summed E-state index contributed by atoms with van der Waals surface area (Å²) in [6, 6.07) is 29.0. The topological polar surface area (TPSA) is 98.6 Å². The summed E-state index contributed by atoms with van der Waals surface area (Å²) >= 11 is 1.48. The van der Waals surface area contributed by atoms with E-state index in [-0.39, 0.29) is 35.9 Å². The first kappa shape index (κ1) is 30.0. The number of ether oxygens (including phenoxy) is 2. The molecule has 5 aromatic rings. The maximum absolute atomic E-state index is 14.1. The van der Waals surface area contributed by atoms with E-state index in [0.717, 1.165) is 33.6 Å². The van der Waals surface area contributed by atoms with Gasteiger partial charge < -0.3 is 14.8 Å². The Balaban J connectivity index is 1.56. The molecule has 0 saturated carbocycles. The Kier molecular flexibility index (Phi) is 8.84. The molecule has 1 aliphatic heterocycles. The number of methoxy groups -OCH3 is 2. The Bertz CT molecular complexity index is 1830. The number of pyridine rings is 1. The van der Waals surface area contributed by atoms with E-state index in [2.05, 4.69) is 10.3 Å². The molecule has 0 saturated heterocycles. The second-order valence-corrected chi connectivity index (χ2v) is 11.6. The van der Waals surface area contributed by atoms with Gasteiger partial charge >= 0.3 is 0 Å². The van der Waals surface area contributed by atoms with Crippen LogP contribution in [0.3, 0.4) is 0 Å². The first-order chi connectivity index (χ1) is 22.0. The van der Waals surface area contributed by atoms with Crippen LogP contribution in [0.1, 0.15) is 27.6 Å². The molecule has 45 heavy (non-hydrogen) atoms. The average molecular weight is 620 g/mol. The predicted molar refractivity (Wildman–Crippen MR) is 176 cm³/mol. The molecule has 2 aromatic heterocycles. The number of benzene rings is 3. The zero-order chi connectivity index (χ0) is 31.3. The highest BCUT2D eigenvalue weighted by molar-refractivity contribution is 8.00. The number of hydrogen-bond acceptors (Lipinski definition) is 7. The number of carbonyl (C=O) groups is 2. The highest BCUT2D eigenvalue weighted by Gasteiger charge is 2.39. The molecule has 0 fully saturated rings. The molecule has 3 heterocycles. The lowest BCUT2D eigenvalue weighted by Crippen LogP contribution is -2.42. The maximum atomic E-state index is 14.1. The number of amides is 2. The molecule has 3 aromatic carbocycles. The third-order valence-corrected chi connectivity index (χ3v) is 8.93. The second-order valence-electron chi connectivity index (χ2n) is 10.5. The summed E-state index contributed by atoms with van der Waals surface area (Å²) in [6.07, 6.45) is 1.68. The van der Waals surface area contributed by atoms with Crippen molar-refractivity contribution in [1.82, 2.24) is 20.1 Å². The minimum absolute atomic E-state index is 0.134. The summed E-state index contributed by atoms with van der Waals surface area (Å²) in [5.41, 5.74) is 5.77. The van der Waals surface area contributed by atoms with Crippen molar-refractivity contribution in [1.29, 1.82) is 0 Å². The number of aryl methyl sites for hydroxylation is 1. The Morgan fingerprint density at radius 3 is 2.49 bits per heavy atom. The van der Waals surface area contributed by atoms with E-state index in [1.165, 1.54) is 11.8 Å². The molecule has 0 bridgehead atoms. The van der Waals surface area contributed by atoms with Gasteiger partial charge in [0.15, 0.2) is 0 Å². The molecule has 10 heteroatoms. The number of carbonyl (C=O) groups excluding carboxylic acids is 2.